The first-order valence-electron chi connectivity index (χ1n) is 7.54. The molecule has 0 spiro atoms. The Morgan fingerprint density at radius 2 is 2.00 bits per heavy atom. The second kappa shape index (κ2) is 6.98. The molecule has 0 bridgehead atoms. The monoisotopic (exact) mass is 341 g/mol. The van der Waals surface area contributed by atoms with Gasteiger partial charge in [-0.05, 0) is 19.4 Å². The van der Waals surface area contributed by atoms with E-state index >= 15 is 0 Å². The Hall–Kier alpha value is -1.44. The van der Waals surface area contributed by atoms with Gasteiger partial charge in [0.05, 0.1) is 24.1 Å². The zero-order valence-corrected chi connectivity index (χ0v) is 14.3. The molecule has 1 saturated heterocycles. The average Bonchev–Trinajstić information content (AvgIpc) is 2.46. The van der Waals surface area contributed by atoms with E-state index < -0.39 is 39.0 Å². The van der Waals surface area contributed by atoms with Crippen molar-refractivity contribution in [2.45, 2.75) is 25.6 Å². The molecule has 2 rings (SSSR count). The maximum absolute atomic E-state index is 12.2. The lowest BCUT2D eigenvalue weighted by molar-refractivity contribution is -0.143. The predicted octanol–water partition coefficient (Wildman–Crippen LogP) is 0.772. The highest BCUT2D eigenvalue weighted by molar-refractivity contribution is 7.92. The number of nitrogens with zero attached hydrogens (tertiary/aromatic N) is 1. The Morgan fingerprint density at radius 1 is 1.35 bits per heavy atom. The second-order valence-corrected chi connectivity index (χ2v) is 8.51. The number of aliphatic hydroxyl groups is 1. The SMILES string of the molecule is CC1(C)CN(C(=O)CS(=O)(=O)CC(O)c2ccccc2)CCO1. The van der Waals surface area contributed by atoms with E-state index in [0.717, 1.165) is 0 Å². The molecule has 1 aromatic carbocycles. The van der Waals surface area contributed by atoms with Gasteiger partial charge in [0, 0.05) is 13.1 Å². The van der Waals surface area contributed by atoms with Gasteiger partial charge in [-0.15, -0.1) is 0 Å². The molecule has 1 aromatic rings. The summed E-state index contributed by atoms with van der Waals surface area (Å²) in [5.74, 6) is -1.50. The van der Waals surface area contributed by atoms with Crippen LogP contribution < -0.4 is 0 Å². The molecule has 0 aliphatic carbocycles. The molecule has 1 amide bonds. The summed E-state index contributed by atoms with van der Waals surface area (Å²) in [6.07, 6.45) is -1.13. The van der Waals surface area contributed by atoms with Gasteiger partial charge in [0.15, 0.2) is 9.84 Å². The molecule has 1 atom stereocenters. The lowest BCUT2D eigenvalue weighted by Crippen LogP contribution is -2.52. The highest BCUT2D eigenvalue weighted by Gasteiger charge is 2.32. The quantitative estimate of drug-likeness (QED) is 0.855. The summed E-state index contributed by atoms with van der Waals surface area (Å²) in [7, 11) is -3.70. The largest absolute Gasteiger partial charge is 0.387 e. The fraction of sp³-hybridized carbons (Fsp3) is 0.562. The van der Waals surface area contributed by atoms with Gasteiger partial charge >= 0.3 is 0 Å². The van der Waals surface area contributed by atoms with Crippen molar-refractivity contribution in [2.75, 3.05) is 31.2 Å². The molecule has 1 N–H and O–H groups in total. The fourth-order valence-corrected chi connectivity index (χ4v) is 3.93. The first kappa shape index (κ1) is 17.9. The van der Waals surface area contributed by atoms with Crippen LogP contribution in [0, 0.1) is 0 Å². The van der Waals surface area contributed by atoms with Crippen molar-refractivity contribution < 1.29 is 23.1 Å². The first-order valence-corrected chi connectivity index (χ1v) is 9.36. The van der Waals surface area contributed by atoms with Crippen molar-refractivity contribution in [2.24, 2.45) is 0 Å². The van der Waals surface area contributed by atoms with Gasteiger partial charge < -0.3 is 14.7 Å². The molecule has 1 fully saturated rings. The third-order valence-corrected chi connectivity index (χ3v) is 5.23. The lowest BCUT2D eigenvalue weighted by Gasteiger charge is -2.38. The van der Waals surface area contributed by atoms with Crippen molar-refractivity contribution in [3.63, 3.8) is 0 Å². The normalized spacial score (nSPS) is 19.3. The number of amides is 1. The van der Waals surface area contributed by atoms with E-state index in [-0.39, 0.29) is 0 Å². The molecule has 6 nitrogen and oxygen atoms in total. The van der Waals surface area contributed by atoms with Crippen LogP contribution in [0.2, 0.25) is 0 Å². The van der Waals surface area contributed by atoms with Crippen LogP contribution in [0.15, 0.2) is 30.3 Å². The molecule has 1 aliphatic heterocycles. The van der Waals surface area contributed by atoms with Gasteiger partial charge in [0.2, 0.25) is 5.91 Å². The summed E-state index contributed by atoms with van der Waals surface area (Å²) < 4.78 is 29.9. The molecule has 0 aromatic heterocycles. The predicted molar refractivity (Wildman–Crippen MR) is 86.7 cm³/mol. The molecule has 7 heteroatoms. The maximum Gasteiger partial charge on any atom is 0.237 e. The lowest BCUT2D eigenvalue weighted by atomic mass is 10.1. The number of morpholine rings is 1. The van der Waals surface area contributed by atoms with E-state index in [0.29, 0.717) is 25.3 Å². The van der Waals surface area contributed by atoms with Crippen molar-refractivity contribution in [1.82, 2.24) is 4.90 Å². The van der Waals surface area contributed by atoms with Gasteiger partial charge in [-0.3, -0.25) is 4.79 Å². The molecule has 128 valence electrons. The number of benzene rings is 1. The Bertz CT molecular complexity index is 642. The third kappa shape index (κ3) is 5.30. The van der Waals surface area contributed by atoms with Crippen LogP contribution in [0.4, 0.5) is 0 Å². The summed E-state index contributed by atoms with van der Waals surface area (Å²) in [6, 6.07) is 8.56. The minimum Gasteiger partial charge on any atom is -0.387 e. The zero-order chi connectivity index (χ0) is 17.1. The van der Waals surface area contributed by atoms with Gasteiger partial charge in [-0.2, -0.15) is 0 Å². The number of rotatable bonds is 5. The molecule has 23 heavy (non-hydrogen) atoms. The highest BCUT2D eigenvalue weighted by atomic mass is 32.2. The molecule has 1 unspecified atom stereocenters. The van der Waals surface area contributed by atoms with Crippen LogP contribution in [-0.4, -0.2) is 61.1 Å². The summed E-state index contributed by atoms with van der Waals surface area (Å²) in [5, 5.41) is 10.0. The number of ether oxygens (including phenoxy) is 1. The van der Waals surface area contributed by atoms with E-state index in [1.807, 2.05) is 13.8 Å². The van der Waals surface area contributed by atoms with Crippen LogP contribution in [0.1, 0.15) is 25.5 Å². The Balaban J connectivity index is 1.96. The third-order valence-electron chi connectivity index (χ3n) is 3.72. The van der Waals surface area contributed by atoms with Gasteiger partial charge in [0.1, 0.15) is 5.75 Å². The minimum atomic E-state index is -3.70. The standard InChI is InChI=1S/C16H23NO5S/c1-16(2)12-17(8-9-22-16)15(19)11-23(20,21)10-14(18)13-6-4-3-5-7-13/h3-7,14,18H,8-12H2,1-2H3. The van der Waals surface area contributed by atoms with Crippen LogP contribution in [0.3, 0.4) is 0 Å². The number of hydrogen-bond acceptors (Lipinski definition) is 5. The van der Waals surface area contributed by atoms with E-state index in [1.165, 1.54) is 4.90 Å². The molecular formula is C16H23NO5S. The topological polar surface area (TPSA) is 83.9 Å². The molecule has 0 saturated carbocycles. The van der Waals surface area contributed by atoms with Crippen molar-refractivity contribution >= 4 is 15.7 Å². The number of carbonyl (C=O) groups is 1. The van der Waals surface area contributed by atoms with Crippen molar-refractivity contribution in [3.05, 3.63) is 35.9 Å². The molecule has 1 aliphatic rings. The Labute approximate surface area is 137 Å². The van der Waals surface area contributed by atoms with Crippen LogP contribution >= 0.6 is 0 Å². The van der Waals surface area contributed by atoms with Crippen LogP contribution in [0.25, 0.3) is 0 Å². The Morgan fingerprint density at radius 3 is 2.61 bits per heavy atom. The Kier molecular flexibility index (Phi) is 5.44. The van der Waals surface area contributed by atoms with Crippen molar-refractivity contribution in [3.8, 4) is 0 Å². The van der Waals surface area contributed by atoms with Gasteiger partial charge in [0.25, 0.3) is 0 Å². The van der Waals surface area contributed by atoms with Crippen LogP contribution in [0.5, 0.6) is 0 Å². The van der Waals surface area contributed by atoms with Gasteiger partial charge in [-0.25, -0.2) is 8.42 Å². The number of carbonyl (C=O) groups excluding carboxylic acids is 1. The fourth-order valence-electron chi connectivity index (χ4n) is 2.58. The summed E-state index contributed by atoms with van der Waals surface area (Å²) >= 11 is 0. The molecule has 1 heterocycles. The smallest absolute Gasteiger partial charge is 0.237 e. The number of sulfone groups is 1. The van der Waals surface area contributed by atoms with Crippen molar-refractivity contribution in [1.29, 1.82) is 0 Å². The average molecular weight is 341 g/mol. The highest BCUT2D eigenvalue weighted by Crippen LogP contribution is 2.18. The van der Waals surface area contributed by atoms with E-state index in [1.54, 1.807) is 30.3 Å². The number of aliphatic hydroxyl groups excluding tert-OH is 1. The summed E-state index contributed by atoms with van der Waals surface area (Å²) in [6.45, 7) is 4.87. The minimum absolute atomic E-state index is 0.364. The maximum atomic E-state index is 12.2. The summed E-state index contributed by atoms with van der Waals surface area (Å²) in [5.41, 5.74) is 0.0531. The van der Waals surface area contributed by atoms with Gasteiger partial charge in [-0.1, -0.05) is 30.3 Å². The van der Waals surface area contributed by atoms with E-state index in [9.17, 15) is 18.3 Å². The number of hydrogen-bond donors (Lipinski definition) is 1. The first-order chi connectivity index (χ1) is 10.7. The van der Waals surface area contributed by atoms with Crippen LogP contribution in [-0.2, 0) is 19.4 Å². The zero-order valence-electron chi connectivity index (χ0n) is 13.4. The van der Waals surface area contributed by atoms with E-state index in [2.05, 4.69) is 0 Å². The molecular weight excluding hydrogens is 318 g/mol. The molecule has 0 radical (unpaired) electrons. The van der Waals surface area contributed by atoms with E-state index in [4.69, 9.17) is 4.74 Å². The summed E-state index contributed by atoms with van der Waals surface area (Å²) in [4.78, 5) is 13.7. The second-order valence-electron chi connectivity index (χ2n) is 6.40.